The highest BCUT2D eigenvalue weighted by atomic mass is 32.1. The van der Waals surface area contributed by atoms with Crippen LogP contribution in [0.3, 0.4) is 0 Å². The van der Waals surface area contributed by atoms with Crippen molar-refractivity contribution in [1.82, 2.24) is 9.97 Å². The third-order valence-corrected chi connectivity index (χ3v) is 7.51. The molecule has 2 aliphatic carbocycles. The Hall–Kier alpha value is -1.31. The number of aromatic nitrogens is 2. The predicted octanol–water partition coefficient (Wildman–Crippen LogP) is 3.98. The summed E-state index contributed by atoms with van der Waals surface area (Å²) in [6.07, 6.45) is 5.46. The molecule has 2 atom stereocenters. The van der Waals surface area contributed by atoms with Gasteiger partial charge in [0.1, 0.15) is 0 Å². The van der Waals surface area contributed by atoms with E-state index in [9.17, 15) is 4.79 Å². The maximum Gasteiger partial charge on any atom is 0.229 e. The Morgan fingerprint density at radius 3 is 2.60 bits per heavy atom. The summed E-state index contributed by atoms with van der Waals surface area (Å²) in [5, 5.41) is 6.77. The zero-order valence-corrected chi connectivity index (χ0v) is 16.3. The Morgan fingerprint density at radius 2 is 1.96 bits per heavy atom. The maximum absolute atomic E-state index is 12.7. The SMILES string of the molecule is Cc1nc(C)c(-c2csc(NC(=O)C3CC4CCCC(C3)C4N)n2)s1. The van der Waals surface area contributed by atoms with Crippen molar-refractivity contribution in [2.75, 3.05) is 5.32 Å². The fourth-order valence-electron chi connectivity index (χ4n) is 4.42. The Balaban J connectivity index is 1.44. The van der Waals surface area contributed by atoms with Crippen molar-refractivity contribution >= 4 is 33.7 Å². The number of fused-ring (bicyclic) bond motifs is 2. The molecular formula is C18H24N4OS2. The van der Waals surface area contributed by atoms with Crippen molar-refractivity contribution in [2.24, 2.45) is 23.5 Å². The van der Waals surface area contributed by atoms with Gasteiger partial charge < -0.3 is 11.1 Å². The first-order valence-electron chi connectivity index (χ1n) is 8.97. The van der Waals surface area contributed by atoms with Crippen LogP contribution in [0.2, 0.25) is 0 Å². The molecule has 2 unspecified atom stereocenters. The number of hydrogen-bond donors (Lipinski definition) is 2. The third kappa shape index (κ3) is 3.37. The van der Waals surface area contributed by atoms with Crippen molar-refractivity contribution in [3.63, 3.8) is 0 Å². The molecule has 0 aromatic carbocycles. The third-order valence-electron chi connectivity index (χ3n) is 5.65. The summed E-state index contributed by atoms with van der Waals surface area (Å²) in [6.45, 7) is 4.00. The van der Waals surface area contributed by atoms with E-state index in [0.717, 1.165) is 34.1 Å². The van der Waals surface area contributed by atoms with Gasteiger partial charge in [0.15, 0.2) is 5.13 Å². The number of hydrogen-bond acceptors (Lipinski definition) is 6. The zero-order valence-electron chi connectivity index (χ0n) is 14.6. The Morgan fingerprint density at radius 1 is 1.24 bits per heavy atom. The molecule has 5 nitrogen and oxygen atoms in total. The van der Waals surface area contributed by atoms with Gasteiger partial charge >= 0.3 is 0 Å². The molecule has 2 saturated carbocycles. The van der Waals surface area contributed by atoms with Crippen molar-refractivity contribution in [3.05, 3.63) is 16.1 Å². The first-order valence-corrected chi connectivity index (χ1v) is 10.7. The molecule has 0 aliphatic heterocycles. The van der Waals surface area contributed by atoms with Gasteiger partial charge in [-0.15, -0.1) is 22.7 Å². The standard InChI is InChI=1S/C18H24N4OS2/c1-9-16(25-10(2)20-9)14-8-24-18(21-14)22-17(23)13-6-11-4-3-5-12(7-13)15(11)19/h8,11-13,15H,3-7,19H2,1-2H3,(H,21,22,23). The summed E-state index contributed by atoms with van der Waals surface area (Å²) in [7, 11) is 0. The van der Waals surface area contributed by atoms with Crippen LogP contribution in [0.15, 0.2) is 5.38 Å². The molecule has 2 heterocycles. The van der Waals surface area contributed by atoms with Crippen LogP contribution >= 0.6 is 22.7 Å². The number of nitrogens with two attached hydrogens (primary N) is 1. The van der Waals surface area contributed by atoms with E-state index in [-0.39, 0.29) is 11.8 Å². The zero-order chi connectivity index (χ0) is 17.6. The molecule has 2 bridgehead atoms. The lowest BCUT2D eigenvalue weighted by molar-refractivity contribution is -0.122. The van der Waals surface area contributed by atoms with E-state index in [1.54, 1.807) is 11.3 Å². The molecule has 0 saturated heterocycles. The smallest absolute Gasteiger partial charge is 0.229 e. The fourth-order valence-corrected chi connectivity index (χ4v) is 6.07. The van der Waals surface area contributed by atoms with Crippen molar-refractivity contribution in [3.8, 4) is 10.6 Å². The maximum atomic E-state index is 12.7. The van der Waals surface area contributed by atoms with Gasteiger partial charge in [0, 0.05) is 17.3 Å². The lowest BCUT2D eigenvalue weighted by atomic mass is 9.65. The Labute approximate surface area is 156 Å². The molecule has 2 aromatic rings. The van der Waals surface area contributed by atoms with Crippen LogP contribution in [0.25, 0.3) is 10.6 Å². The van der Waals surface area contributed by atoms with Crippen LogP contribution < -0.4 is 11.1 Å². The number of anilines is 1. The molecule has 2 aromatic heterocycles. The summed E-state index contributed by atoms with van der Waals surface area (Å²) in [4.78, 5) is 22.9. The molecule has 3 N–H and O–H groups in total. The molecule has 0 radical (unpaired) electrons. The minimum absolute atomic E-state index is 0.0786. The van der Waals surface area contributed by atoms with Crippen LogP contribution in [-0.4, -0.2) is 21.9 Å². The number of nitrogens with one attached hydrogen (secondary N) is 1. The quantitative estimate of drug-likeness (QED) is 0.849. The highest BCUT2D eigenvalue weighted by Gasteiger charge is 2.40. The molecule has 25 heavy (non-hydrogen) atoms. The fraction of sp³-hybridized carbons (Fsp3) is 0.611. The second-order valence-electron chi connectivity index (χ2n) is 7.37. The molecule has 2 aliphatic rings. The minimum atomic E-state index is 0.0786. The minimum Gasteiger partial charge on any atom is -0.327 e. The van der Waals surface area contributed by atoms with Gasteiger partial charge in [0.2, 0.25) is 5.91 Å². The number of amides is 1. The topological polar surface area (TPSA) is 80.9 Å². The predicted molar refractivity (Wildman–Crippen MR) is 103 cm³/mol. The highest BCUT2D eigenvalue weighted by Crippen LogP contribution is 2.42. The molecule has 4 rings (SSSR count). The largest absolute Gasteiger partial charge is 0.327 e. The summed E-state index contributed by atoms with van der Waals surface area (Å²) in [5.74, 6) is 1.22. The summed E-state index contributed by atoms with van der Waals surface area (Å²) >= 11 is 3.13. The van der Waals surface area contributed by atoms with Crippen LogP contribution in [0.4, 0.5) is 5.13 Å². The van der Waals surface area contributed by atoms with E-state index < -0.39 is 0 Å². The summed E-state index contributed by atoms with van der Waals surface area (Å²) < 4.78 is 0. The van der Waals surface area contributed by atoms with Gasteiger partial charge in [-0.1, -0.05) is 6.42 Å². The molecule has 134 valence electrons. The number of thiazole rings is 2. The summed E-state index contributed by atoms with van der Waals surface area (Å²) in [5.41, 5.74) is 8.24. The number of rotatable bonds is 3. The van der Waals surface area contributed by atoms with Gasteiger partial charge in [0.05, 0.1) is 21.3 Å². The highest BCUT2D eigenvalue weighted by molar-refractivity contribution is 7.16. The second kappa shape index (κ2) is 6.78. The lowest BCUT2D eigenvalue weighted by Gasteiger charge is -2.43. The molecular weight excluding hydrogens is 352 g/mol. The van der Waals surface area contributed by atoms with Crippen LogP contribution in [0.1, 0.15) is 42.8 Å². The molecule has 0 spiro atoms. The van der Waals surface area contributed by atoms with Crippen molar-refractivity contribution in [1.29, 1.82) is 0 Å². The van der Waals surface area contributed by atoms with Crippen LogP contribution in [-0.2, 0) is 4.79 Å². The number of aryl methyl sites for hydroxylation is 2. The molecule has 7 heteroatoms. The van der Waals surface area contributed by atoms with Crippen molar-refractivity contribution in [2.45, 2.75) is 52.0 Å². The first-order chi connectivity index (χ1) is 12.0. The van der Waals surface area contributed by atoms with Gasteiger partial charge in [-0.2, -0.15) is 0 Å². The molecule has 2 fully saturated rings. The van der Waals surface area contributed by atoms with Crippen LogP contribution in [0, 0.1) is 31.6 Å². The number of nitrogens with zero attached hydrogens (tertiary/aromatic N) is 2. The van der Waals surface area contributed by atoms with E-state index in [1.165, 1.54) is 30.6 Å². The normalized spacial score (nSPS) is 28.8. The van der Waals surface area contributed by atoms with Gasteiger partial charge in [-0.25, -0.2) is 9.97 Å². The van der Waals surface area contributed by atoms with E-state index in [1.807, 2.05) is 19.2 Å². The summed E-state index contributed by atoms with van der Waals surface area (Å²) in [6, 6.07) is 0.293. The van der Waals surface area contributed by atoms with E-state index >= 15 is 0 Å². The van der Waals surface area contributed by atoms with E-state index in [4.69, 9.17) is 5.73 Å². The average Bonchev–Trinajstić information content (AvgIpc) is 3.13. The van der Waals surface area contributed by atoms with Gasteiger partial charge in [-0.05, 0) is 51.4 Å². The van der Waals surface area contributed by atoms with Crippen LogP contribution in [0.5, 0.6) is 0 Å². The van der Waals surface area contributed by atoms with E-state index in [0.29, 0.717) is 23.0 Å². The first kappa shape index (κ1) is 17.1. The number of carbonyl (C=O) groups excluding carboxylic acids is 1. The van der Waals surface area contributed by atoms with Gasteiger partial charge in [-0.3, -0.25) is 4.79 Å². The molecule has 1 amide bonds. The monoisotopic (exact) mass is 376 g/mol. The Bertz CT molecular complexity index is 770. The lowest BCUT2D eigenvalue weighted by Crippen LogP contribution is -2.48. The second-order valence-corrected chi connectivity index (χ2v) is 9.43. The number of carbonyl (C=O) groups is 1. The van der Waals surface area contributed by atoms with Gasteiger partial charge in [0.25, 0.3) is 0 Å². The Kier molecular flexibility index (Phi) is 4.64. The van der Waals surface area contributed by atoms with E-state index in [2.05, 4.69) is 15.3 Å². The average molecular weight is 377 g/mol. The van der Waals surface area contributed by atoms with Crippen molar-refractivity contribution < 1.29 is 4.79 Å².